The smallest absolute Gasteiger partial charge is 0.376 e. The summed E-state index contributed by atoms with van der Waals surface area (Å²) in [6.07, 6.45) is -4.61. The van der Waals surface area contributed by atoms with Crippen LogP contribution >= 0.6 is 0 Å². The quantitative estimate of drug-likeness (QED) is 0.871. The standard InChI is InChI=1S/C11H10F3N3O/c12-11(13,14)7-16-8-2-1-3-9(6-8)17-10(18)4-5-15/h1-3,6,16H,4,7H2,(H,17,18). The Morgan fingerprint density at radius 1 is 1.33 bits per heavy atom. The summed E-state index contributed by atoms with van der Waals surface area (Å²) in [4.78, 5) is 11.1. The topological polar surface area (TPSA) is 64.9 Å². The van der Waals surface area contributed by atoms with Gasteiger partial charge in [-0.15, -0.1) is 0 Å². The summed E-state index contributed by atoms with van der Waals surface area (Å²) in [5.74, 6) is -0.509. The van der Waals surface area contributed by atoms with E-state index in [2.05, 4.69) is 10.6 Å². The van der Waals surface area contributed by atoms with Crippen LogP contribution in [-0.4, -0.2) is 18.6 Å². The number of halogens is 3. The number of amides is 1. The van der Waals surface area contributed by atoms with Crippen LogP contribution in [0.3, 0.4) is 0 Å². The molecule has 4 nitrogen and oxygen atoms in total. The molecule has 1 rings (SSSR count). The molecule has 18 heavy (non-hydrogen) atoms. The number of rotatable bonds is 4. The predicted molar refractivity (Wildman–Crippen MR) is 59.8 cm³/mol. The van der Waals surface area contributed by atoms with Crippen LogP contribution < -0.4 is 10.6 Å². The number of benzene rings is 1. The molecule has 2 N–H and O–H groups in total. The lowest BCUT2D eigenvalue weighted by Gasteiger charge is -2.10. The van der Waals surface area contributed by atoms with Crippen molar-refractivity contribution in [3.63, 3.8) is 0 Å². The van der Waals surface area contributed by atoms with Crippen LogP contribution in [0.4, 0.5) is 24.5 Å². The number of nitriles is 1. The molecule has 0 unspecified atom stereocenters. The lowest BCUT2D eigenvalue weighted by molar-refractivity contribution is -0.116. The number of nitrogens with zero attached hydrogens (tertiary/aromatic N) is 1. The molecule has 0 atom stereocenters. The second-order valence-corrected chi connectivity index (χ2v) is 3.43. The van der Waals surface area contributed by atoms with Gasteiger partial charge in [0.1, 0.15) is 13.0 Å². The van der Waals surface area contributed by atoms with Gasteiger partial charge < -0.3 is 10.6 Å². The van der Waals surface area contributed by atoms with Gasteiger partial charge in [0, 0.05) is 11.4 Å². The summed E-state index contributed by atoms with van der Waals surface area (Å²) in [6.45, 7) is -1.15. The maximum Gasteiger partial charge on any atom is 0.405 e. The highest BCUT2D eigenvalue weighted by Gasteiger charge is 2.26. The summed E-state index contributed by atoms with van der Waals surface area (Å²) >= 11 is 0. The molecule has 96 valence electrons. The summed E-state index contributed by atoms with van der Waals surface area (Å²) < 4.78 is 36.0. The van der Waals surface area contributed by atoms with Crippen molar-refractivity contribution in [2.75, 3.05) is 17.2 Å². The first-order chi connectivity index (χ1) is 8.40. The van der Waals surface area contributed by atoms with E-state index in [0.717, 1.165) is 0 Å². The highest BCUT2D eigenvalue weighted by atomic mass is 19.4. The van der Waals surface area contributed by atoms with Gasteiger partial charge in [0.25, 0.3) is 0 Å². The van der Waals surface area contributed by atoms with Crippen LogP contribution in [0.1, 0.15) is 6.42 Å². The number of nitrogens with one attached hydrogen (secondary N) is 2. The van der Waals surface area contributed by atoms with Crippen LogP contribution in [0.15, 0.2) is 24.3 Å². The third kappa shape index (κ3) is 5.21. The Kier molecular flexibility index (Phi) is 4.54. The average molecular weight is 257 g/mol. The van der Waals surface area contributed by atoms with Crippen molar-refractivity contribution in [1.82, 2.24) is 0 Å². The molecule has 0 aliphatic heterocycles. The predicted octanol–water partition coefficient (Wildman–Crippen LogP) is 2.51. The Morgan fingerprint density at radius 2 is 2.00 bits per heavy atom. The second-order valence-electron chi connectivity index (χ2n) is 3.43. The van der Waals surface area contributed by atoms with Crippen LogP contribution in [0.25, 0.3) is 0 Å². The molecule has 1 amide bonds. The number of carbonyl (C=O) groups is 1. The van der Waals surface area contributed by atoms with Crippen molar-refractivity contribution in [2.45, 2.75) is 12.6 Å². The molecule has 7 heteroatoms. The Hall–Kier alpha value is -2.23. The Bertz CT molecular complexity index is 465. The minimum Gasteiger partial charge on any atom is -0.376 e. The highest BCUT2D eigenvalue weighted by Crippen LogP contribution is 2.19. The zero-order valence-electron chi connectivity index (χ0n) is 9.21. The van der Waals surface area contributed by atoms with Gasteiger partial charge in [0.05, 0.1) is 6.07 Å². The maximum atomic E-state index is 12.0. The molecule has 0 bridgehead atoms. The number of carbonyl (C=O) groups excluding carboxylic acids is 1. The van der Waals surface area contributed by atoms with Crippen molar-refractivity contribution >= 4 is 17.3 Å². The van der Waals surface area contributed by atoms with Crippen molar-refractivity contribution < 1.29 is 18.0 Å². The fourth-order valence-corrected chi connectivity index (χ4v) is 1.19. The largest absolute Gasteiger partial charge is 0.405 e. The maximum absolute atomic E-state index is 12.0. The first-order valence-electron chi connectivity index (χ1n) is 4.98. The number of hydrogen-bond acceptors (Lipinski definition) is 3. The zero-order chi connectivity index (χ0) is 13.6. The summed E-state index contributed by atoms with van der Waals surface area (Å²) in [5, 5.41) is 12.9. The summed E-state index contributed by atoms with van der Waals surface area (Å²) in [7, 11) is 0. The van der Waals surface area contributed by atoms with E-state index in [4.69, 9.17) is 5.26 Å². The molecule has 0 radical (unpaired) electrons. The van der Waals surface area contributed by atoms with Gasteiger partial charge in [-0.05, 0) is 18.2 Å². The van der Waals surface area contributed by atoms with Gasteiger partial charge in [0.2, 0.25) is 5.91 Å². The molecule has 1 aromatic rings. The van der Waals surface area contributed by atoms with E-state index < -0.39 is 18.6 Å². The average Bonchev–Trinajstić information content (AvgIpc) is 2.26. The van der Waals surface area contributed by atoms with Crippen molar-refractivity contribution in [3.8, 4) is 6.07 Å². The van der Waals surface area contributed by atoms with Gasteiger partial charge in [0.15, 0.2) is 0 Å². The van der Waals surface area contributed by atoms with Gasteiger partial charge in [-0.3, -0.25) is 4.79 Å². The van der Waals surface area contributed by atoms with E-state index in [9.17, 15) is 18.0 Å². The third-order valence-corrected chi connectivity index (χ3v) is 1.88. The number of anilines is 2. The minimum atomic E-state index is -4.31. The van der Waals surface area contributed by atoms with Crippen molar-refractivity contribution in [2.24, 2.45) is 0 Å². The van der Waals surface area contributed by atoms with E-state index in [-0.39, 0.29) is 12.1 Å². The molecular formula is C11H10F3N3O. The first-order valence-corrected chi connectivity index (χ1v) is 4.98. The lowest BCUT2D eigenvalue weighted by atomic mass is 10.2. The number of alkyl halides is 3. The Balaban J connectivity index is 2.63. The van der Waals surface area contributed by atoms with Crippen LogP contribution in [0.2, 0.25) is 0 Å². The fourth-order valence-electron chi connectivity index (χ4n) is 1.19. The van der Waals surface area contributed by atoms with E-state index in [1.807, 2.05) is 0 Å². The van der Waals surface area contributed by atoms with Crippen molar-refractivity contribution in [1.29, 1.82) is 5.26 Å². The number of hydrogen-bond donors (Lipinski definition) is 2. The van der Waals surface area contributed by atoms with Gasteiger partial charge in [-0.1, -0.05) is 6.07 Å². The Labute approximate surface area is 101 Å². The van der Waals surface area contributed by atoms with Gasteiger partial charge in [-0.2, -0.15) is 18.4 Å². The van der Waals surface area contributed by atoms with E-state index in [1.165, 1.54) is 24.3 Å². The molecule has 0 aromatic heterocycles. The molecule has 0 fully saturated rings. The van der Waals surface area contributed by atoms with E-state index in [1.54, 1.807) is 6.07 Å². The van der Waals surface area contributed by atoms with Gasteiger partial charge >= 0.3 is 6.18 Å². The molecule has 0 saturated carbocycles. The zero-order valence-corrected chi connectivity index (χ0v) is 9.21. The molecule has 0 spiro atoms. The first kappa shape index (κ1) is 13.8. The SMILES string of the molecule is N#CCC(=O)Nc1cccc(NCC(F)(F)F)c1. The van der Waals surface area contributed by atoms with Crippen LogP contribution in [0.5, 0.6) is 0 Å². The van der Waals surface area contributed by atoms with E-state index >= 15 is 0 Å². The molecule has 0 saturated heterocycles. The third-order valence-electron chi connectivity index (χ3n) is 1.88. The minimum absolute atomic E-state index is 0.238. The lowest BCUT2D eigenvalue weighted by Crippen LogP contribution is -2.21. The Morgan fingerprint density at radius 3 is 2.61 bits per heavy atom. The van der Waals surface area contributed by atoms with Gasteiger partial charge in [-0.25, -0.2) is 0 Å². The summed E-state index contributed by atoms with van der Waals surface area (Å²) in [5.41, 5.74) is 0.574. The van der Waals surface area contributed by atoms with Crippen molar-refractivity contribution in [3.05, 3.63) is 24.3 Å². The normalized spacial score (nSPS) is 10.6. The second kappa shape index (κ2) is 5.91. The molecular weight excluding hydrogens is 247 g/mol. The molecule has 0 aliphatic carbocycles. The fraction of sp³-hybridized carbons (Fsp3) is 0.273. The molecule has 1 aromatic carbocycles. The highest BCUT2D eigenvalue weighted by molar-refractivity contribution is 5.92. The monoisotopic (exact) mass is 257 g/mol. The van der Waals surface area contributed by atoms with E-state index in [0.29, 0.717) is 5.69 Å². The summed E-state index contributed by atoms with van der Waals surface area (Å²) in [6, 6.07) is 7.51. The van der Waals surface area contributed by atoms with Crippen LogP contribution in [0, 0.1) is 11.3 Å². The van der Waals surface area contributed by atoms with Crippen LogP contribution in [-0.2, 0) is 4.79 Å². The molecule has 0 aliphatic rings. The molecule has 0 heterocycles.